The van der Waals surface area contributed by atoms with Crippen molar-refractivity contribution in [3.05, 3.63) is 94.8 Å². The Kier molecular flexibility index (Phi) is 8.14. The molecular weight excluding hydrogens is 496 g/mol. The van der Waals surface area contributed by atoms with E-state index in [-0.39, 0.29) is 23.4 Å². The van der Waals surface area contributed by atoms with E-state index in [0.717, 1.165) is 5.56 Å². The van der Waals surface area contributed by atoms with E-state index in [1.807, 2.05) is 20.8 Å². The number of benzene rings is 2. The molecule has 1 saturated heterocycles. The molecule has 1 aromatic heterocycles. The highest BCUT2D eigenvalue weighted by Crippen LogP contribution is 2.42. The number of carbonyl (C=O) groups excluding carboxylic acids is 3. The maximum Gasteiger partial charge on any atom is 0.338 e. The van der Waals surface area contributed by atoms with Gasteiger partial charge in [0.15, 0.2) is 0 Å². The van der Waals surface area contributed by atoms with Gasteiger partial charge in [0, 0.05) is 23.6 Å². The molecule has 0 bridgehead atoms. The van der Waals surface area contributed by atoms with Crippen molar-refractivity contribution in [1.29, 1.82) is 0 Å². The standard InChI is InChI=1S/C31H32N2O6/c1-6-38-25-14-11-21(16-24(25)18(2)3)28(34)26-27(22-8-7-15-32-17-22)33(30(36)29(26)35)23-12-9-20(10-13-23)31(37)39-19(4)5/h7-19,27,34H,6H2,1-5H3/b28-26-. The van der Waals surface area contributed by atoms with Crippen molar-refractivity contribution in [3.8, 4) is 5.75 Å². The van der Waals surface area contributed by atoms with Crippen LogP contribution in [0.2, 0.25) is 0 Å². The largest absolute Gasteiger partial charge is 0.507 e. The molecule has 0 saturated carbocycles. The van der Waals surface area contributed by atoms with Gasteiger partial charge in [-0.25, -0.2) is 4.79 Å². The first kappa shape index (κ1) is 27.6. The Labute approximate surface area is 227 Å². The maximum atomic E-state index is 13.4. The number of carbonyl (C=O) groups is 3. The molecule has 1 unspecified atom stereocenters. The number of ketones is 1. The summed E-state index contributed by atoms with van der Waals surface area (Å²) in [6, 6.07) is 14.0. The molecule has 202 valence electrons. The van der Waals surface area contributed by atoms with Crippen LogP contribution in [0.3, 0.4) is 0 Å². The first-order valence-corrected chi connectivity index (χ1v) is 12.9. The molecule has 8 heteroatoms. The number of rotatable bonds is 8. The van der Waals surface area contributed by atoms with E-state index in [2.05, 4.69) is 4.98 Å². The average Bonchev–Trinajstić information content (AvgIpc) is 3.18. The fourth-order valence-corrected chi connectivity index (χ4v) is 4.58. The molecule has 8 nitrogen and oxygen atoms in total. The quantitative estimate of drug-likeness (QED) is 0.171. The summed E-state index contributed by atoms with van der Waals surface area (Å²) in [4.78, 5) is 44.7. The molecule has 0 aliphatic carbocycles. The van der Waals surface area contributed by atoms with Gasteiger partial charge in [0.25, 0.3) is 11.7 Å². The first-order chi connectivity index (χ1) is 18.6. The smallest absolute Gasteiger partial charge is 0.338 e. The minimum absolute atomic E-state index is 0.0461. The molecule has 1 N–H and O–H groups in total. The third kappa shape index (κ3) is 5.55. The molecule has 1 fully saturated rings. The zero-order chi connectivity index (χ0) is 28.3. The lowest BCUT2D eigenvalue weighted by molar-refractivity contribution is -0.132. The van der Waals surface area contributed by atoms with Gasteiger partial charge in [-0.05, 0) is 86.3 Å². The zero-order valence-electron chi connectivity index (χ0n) is 22.7. The highest BCUT2D eigenvalue weighted by molar-refractivity contribution is 6.51. The number of hydrogen-bond donors (Lipinski definition) is 1. The van der Waals surface area contributed by atoms with Crippen molar-refractivity contribution in [2.75, 3.05) is 11.5 Å². The summed E-state index contributed by atoms with van der Waals surface area (Å²) < 4.78 is 11.0. The molecule has 3 aromatic rings. The molecule has 1 amide bonds. The Bertz CT molecular complexity index is 1410. The highest BCUT2D eigenvalue weighted by atomic mass is 16.5. The fourth-order valence-electron chi connectivity index (χ4n) is 4.58. The van der Waals surface area contributed by atoms with Crippen molar-refractivity contribution in [2.45, 2.75) is 52.7 Å². The number of aliphatic hydroxyl groups is 1. The van der Waals surface area contributed by atoms with Gasteiger partial charge in [-0.2, -0.15) is 0 Å². The van der Waals surface area contributed by atoms with Crippen LogP contribution < -0.4 is 9.64 Å². The van der Waals surface area contributed by atoms with E-state index in [1.165, 1.54) is 4.90 Å². The Morgan fingerprint density at radius 2 is 1.72 bits per heavy atom. The molecule has 2 aromatic carbocycles. The molecule has 4 rings (SSSR count). The van der Waals surface area contributed by atoms with Crippen LogP contribution in [0.25, 0.3) is 5.76 Å². The van der Waals surface area contributed by atoms with Crippen LogP contribution in [0, 0.1) is 0 Å². The summed E-state index contributed by atoms with van der Waals surface area (Å²) in [5.74, 6) is -1.59. The first-order valence-electron chi connectivity index (χ1n) is 12.9. The number of Topliss-reactive ketones (excluding diaryl/α,β-unsaturated/α-hetero) is 1. The van der Waals surface area contributed by atoms with Gasteiger partial charge in [-0.1, -0.05) is 19.9 Å². The molecule has 1 atom stereocenters. The number of hydrogen-bond acceptors (Lipinski definition) is 7. The Hall–Kier alpha value is -4.46. The number of anilines is 1. The lowest BCUT2D eigenvalue weighted by Gasteiger charge is -2.25. The summed E-state index contributed by atoms with van der Waals surface area (Å²) >= 11 is 0. The molecular formula is C31H32N2O6. The topological polar surface area (TPSA) is 106 Å². The average molecular weight is 529 g/mol. The normalized spacial score (nSPS) is 16.7. The second-order valence-corrected chi connectivity index (χ2v) is 9.80. The predicted molar refractivity (Wildman–Crippen MR) is 148 cm³/mol. The number of nitrogens with zero attached hydrogens (tertiary/aromatic N) is 2. The van der Waals surface area contributed by atoms with Gasteiger partial charge in [-0.15, -0.1) is 0 Å². The predicted octanol–water partition coefficient (Wildman–Crippen LogP) is 5.80. The summed E-state index contributed by atoms with van der Waals surface area (Å²) in [6.45, 7) is 9.92. The van der Waals surface area contributed by atoms with E-state index in [9.17, 15) is 19.5 Å². The number of ether oxygens (including phenoxy) is 2. The molecule has 39 heavy (non-hydrogen) atoms. The molecule has 1 aliphatic heterocycles. The van der Waals surface area contributed by atoms with Crippen LogP contribution >= 0.6 is 0 Å². The van der Waals surface area contributed by atoms with Crippen molar-refractivity contribution < 1.29 is 29.0 Å². The van der Waals surface area contributed by atoms with Gasteiger partial charge < -0.3 is 14.6 Å². The number of amides is 1. The van der Waals surface area contributed by atoms with Crippen LogP contribution in [-0.2, 0) is 14.3 Å². The third-order valence-electron chi connectivity index (χ3n) is 6.37. The number of pyridine rings is 1. The van der Waals surface area contributed by atoms with Crippen LogP contribution in [-0.4, -0.2) is 40.5 Å². The van der Waals surface area contributed by atoms with Gasteiger partial charge in [-0.3, -0.25) is 19.5 Å². The Morgan fingerprint density at radius 3 is 2.31 bits per heavy atom. The van der Waals surface area contributed by atoms with Crippen LogP contribution in [0.4, 0.5) is 5.69 Å². The third-order valence-corrected chi connectivity index (χ3v) is 6.37. The lowest BCUT2D eigenvalue weighted by atomic mass is 9.93. The van der Waals surface area contributed by atoms with Crippen molar-refractivity contribution in [3.63, 3.8) is 0 Å². The summed E-state index contributed by atoms with van der Waals surface area (Å²) in [5, 5.41) is 11.5. The molecule has 1 aliphatic rings. The minimum Gasteiger partial charge on any atom is -0.507 e. The minimum atomic E-state index is -0.929. The zero-order valence-corrected chi connectivity index (χ0v) is 22.7. The van der Waals surface area contributed by atoms with Crippen LogP contribution in [0.15, 0.2) is 72.6 Å². The van der Waals surface area contributed by atoms with Gasteiger partial charge in [0.05, 0.1) is 29.9 Å². The van der Waals surface area contributed by atoms with Crippen molar-refractivity contribution in [1.82, 2.24) is 4.98 Å². The van der Waals surface area contributed by atoms with E-state index in [0.29, 0.717) is 34.7 Å². The second-order valence-electron chi connectivity index (χ2n) is 9.80. The number of aliphatic hydroxyl groups excluding tert-OH is 1. The Balaban J connectivity index is 1.84. The summed E-state index contributed by atoms with van der Waals surface area (Å²) in [7, 11) is 0. The molecule has 0 spiro atoms. The van der Waals surface area contributed by atoms with Gasteiger partial charge in [0.1, 0.15) is 11.5 Å². The lowest BCUT2D eigenvalue weighted by Crippen LogP contribution is -2.29. The van der Waals surface area contributed by atoms with E-state index in [4.69, 9.17) is 9.47 Å². The monoisotopic (exact) mass is 528 g/mol. The van der Waals surface area contributed by atoms with Gasteiger partial charge >= 0.3 is 5.97 Å². The van der Waals surface area contributed by atoms with Gasteiger partial charge in [0.2, 0.25) is 0 Å². The van der Waals surface area contributed by atoms with E-state index in [1.54, 1.807) is 80.8 Å². The maximum absolute atomic E-state index is 13.4. The summed E-state index contributed by atoms with van der Waals surface area (Å²) in [6.07, 6.45) is 2.87. The fraction of sp³-hybridized carbons (Fsp3) is 0.290. The molecule has 0 radical (unpaired) electrons. The second kappa shape index (κ2) is 11.5. The van der Waals surface area contributed by atoms with Crippen molar-refractivity contribution >= 4 is 29.1 Å². The van der Waals surface area contributed by atoms with Crippen molar-refractivity contribution in [2.24, 2.45) is 0 Å². The summed E-state index contributed by atoms with van der Waals surface area (Å²) in [5.41, 5.74) is 2.49. The van der Waals surface area contributed by atoms with E-state index >= 15 is 0 Å². The highest BCUT2D eigenvalue weighted by Gasteiger charge is 2.47. The van der Waals surface area contributed by atoms with Crippen LogP contribution in [0.5, 0.6) is 5.75 Å². The SMILES string of the molecule is CCOc1ccc(/C(O)=C2/C(=O)C(=O)N(c3ccc(C(=O)OC(C)C)cc3)C2c2cccnc2)cc1C(C)C. The number of esters is 1. The Morgan fingerprint density at radius 1 is 1.03 bits per heavy atom. The molecule has 2 heterocycles. The van der Waals surface area contributed by atoms with E-state index < -0.39 is 23.7 Å². The van der Waals surface area contributed by atoms with Crippen LogP contribution in [0.1, 0.15) is 73.6 Å². The number of aromatic nitrogens is 1.